The zero-order chi connectivity index (χ0) is 41.9. The van der Waals surface area contributed by atoms with Gasteiger partial charge in [0.25, 0.3) is 0 Å². The van der Waals surface area contributed by atoms with E-state index in [9.17, 15) is 19.5 Å². The molecule has 2 aromatic heterocycles. The molecule has 314 valence electrons. The maximum atomic E-state index is 15.2. The van der Waals surface area contributed by atoms with Gasteiger partial charge in [-0.3, -0.25) is 24.8 Å². The fourth-order valence-electron chi connectivity index (χ4n) is 8.46. The molecule has 0 radical (unpaired) electrons. The minimum atomic E-state index is -0.580. The lowest BCUT2D eigenvalue weighted by Gasteiger charge is -2.34. The lowest BCUT2D eigenvalue weighted by Crippen LogP contribution is -2.49. The molecule has 3 aromatic carbocycles. The van der Waals surface area contributed by atoms with E-state index in [0.717, 1.165) is 73.8 Å². The zero-order valence-electron chi connectivity index (χ0n) is 34.3. The molecule has 5 aromatic rings. The van der Waals surface area contributed by atoms with Crippen molar-refractivity contribution in [3.63, 3.8) is 0 Å². The van der Waals surface area contributed by atoms with Gasteiger partial charge in [-0.25, -0.2) is 23.9 Å². The predicted molar refractivity (Wildman–Crippen MR) is 228 cm³/mol. The van der Waals surface area contributed by atoms with Crippen LogP contribution in [0.2, 0.25) is 0 Å². The Bertz CT molecular complexity index is 2340. The zero-order valence-corrected chi connectivity index (χ0v) is 34.3. The molecule has 0 spiro atoms. The SMILES string of the molecule is Cc1c(NC(=O)N2C[C@H](CC(C)C)[C@@H](O)C2)cc(F)cc1-c1ncnc2[nH]c(-c3ccc(CN4CCN(CCOc5ccc(N6CCC(=O)NC6=O)cc5)CC4)cc3)cc12. The normalized spacial score (nSPS) is 19.0. The Labute approximate surface area is 348 Å². The fourth-order valence-corrected chi connectivity index (χ4v) is 8.46. The van der Waals surface area contributed by atoms with Crippen molar-refractivity contribution in [3.8, 4) is 28.3 Å². The quantitative estimate of drug-likeness (QED) is 0.114. The lowest BCUT2D eigenvalue weighted by molar-refractivity contribution is -0.120. The maximum absolute atomic E-state index is 15.2. The highest BCUT2D eigenvalue weighted by atomic mass is 19.1. The molecule has 0 saturated carbocycles. The van der Waals surface area contributed by atoms with Crippen LogP contribution in [-0.4, -0.2) is 118 Å². The number of carbonyl (C=O) groups is 3. The number of fused-ring (bicyclic) bond motifs is 1. The number of aromatic nitrogens is 3. The molecule has 5 amide bonds. The van der Waals surface area contributed by atoms with Gasteiger partial charge >= 0.3 is 12.1 Å². The number of imide groups is 1. The van der Waals surface area contributed by atoms with Crippen molar-refractivity contribution in [1.29, 1.82) is 0 Å². The van der Waals surface area contributed by atoms with Crippen molar-refractivity contribution in [3.05, 3.63) is 90.0 Å². The van der Waals surface area contributed by atoms with Crippen LogP contribution in [0.25, 0.3) is 33.5 Å². The van der Waals surface area contributed by atoms with Gasteiger partial charge < -0.3 is 25.0 Å². The highest BCUT2D eigenvalue weighted by Gasteiger charge is 2.34. The van der Waals surface area contributed by atoms with Crippen LogP contribution >= 0.6 is 0 Å². The number of rotatable bonds is 12. The molecule has 0 aliphatic carbocycles. The minimum Gasteiger partial charge on any atom is -0.492 e. The van der Waals surface area contributed by atoms with Gasteiger partial charge in [0.15, 0.2) is 0 Å². The van der Waals surface area contributed by atoms with Crippen LogP contribution in [0.4, 0.5) is 25.4 Å². The van der Waals surface area contributed by atoms with Crippen molar-refractivity contribution in [2.24, 2.45) is 11.8 Å². The van der Waals surface area contributed by atoms with Crippen LogP contribution in [0.3, 0.4) is 0 Å². The Hall–Kier alpha value is -5.90. The largest absolute Gasteiger partial charge is 0.492 e. The highest BCUT2D eigenvalue weighted by Crippen LogP contribution is 2.35. The molecule has 8 rings (SSSR count). The summed E-state index contributed by atoms with van der Waals surface area (Å²) in [5.74, 6) is 0.416. The van der Waals surface area contributed by atoms with Crippen molar-refractivity contribution >= 4 is 40.4 Å². The van der Waals surface area contributed by atoms with E-state index < -0.39 is 18.0 Å². The first-order chi connectivity index (χ1) is 29.0. The Morgan fingerprint density at radius 2 is 1.72 bits per heavy atom. The Morgan fingerprint density at radius 3 is 2.45 bits per heavy atom. The number of urea groups is 2. The van der Waals surface area contributed by atoms with E-state index in [2.05, 4.69) is 73.5 Å². The van der Waals surface area contributed by atoms with Gasteiger partial charge in [0, 0.05) is 99.3 Å². The lowest BCUT2D eigenvalue weighted by atomic mass is 9.95. The maximum Gasteiger partial charge on any atom is 0.328 e. The number of nitrogens with zero attached hydrogens (tertiary/aromatic N) is 6. The minimum absolute atomic E-state index is 0.0152. The molecule has 3 aliphatic heterocycles. The number of β-amino-alcohol motifs (C(OH)–C–C–N with tert-alkyl or cyclic N) is 1. The molecule has 3 saturated heterocycles. The third-order valence-electron chi connectivity index (χ3n) is 11.8. The van der Waals surface area contributed by atoms with Crippen LogP contribution < -0.4 is 20.3 Å². The number of hydrogen-bond donors (Lipinski definition) is 4. The molecular formula is C45H52FN9O5. The number of aliphatic hydroxyl groups is 1. The van der Waals surface area contributed by atoms with Crippen molar-refractivity contribution in [2.75, 3.05) is 69.2 Å². The number of likely N-dealkylation sites (tertiary alicyclic amines) is 1. The second-order valence-electron chi connectivity index (χ2n) is 16.5. The standard InChI is InChI=1S/C45H52FN9O5/c1-28(2)20-32-25-54(26-40(32)56)44(58)50-38-22-33(46)21-36(29(38)3)42-37-23-39(49-43(37)48-27-47-42)31-6-4-30(5-7-31)24-53-16-14-52(15-17-53)18-19-60-35-10-8-34(9-11-35)55-13-12-41(57)51-45(55)59/h4-11,21-23,27-28,32,40,56H,12-20,24-26H2,1-3H3,(H,50,58)(H,47,48,49)(H,51,57,59)/t32-,40-/m0/s1. The molecular weight excluding hydrogens is 766 g/mol. The van der Waals surface area contributed by atoms with Crippen LogP contribution in [0.1, 0.15) is 37.8 Å². The molecule has 15 heteroatoms. The number of H-pyrrole nitrogens is 1. The number of anilines is 2. The molecule has 4 N–H and O–H groups in total. The van der Waals surface area contributed by atoms with Gasteiger partial charge in [-0.2, -0.15) is 0 Å². The third-order valence-corrected chi connectivity index (χ3v) is 11.8. The van der Waals surface area contributed by atoms with E-state index in [0.29, 0.717) is 53.8 Å². The predicted octanol–water partition coefficient (Wildman–Crippen LogP) is 6.25. The first-order valence-electron chi connectivity index (χ1n) is 20.7. The second-order valence-corrected chi connectivity index (χ2v) is 16.5. The summed E-state index contributed by atoms with van der Waals surface area (Å²) in [5, 5.41) is 16.5. The number of hydrogen-bond acceptors (Lipinski definition) is 9. The van der Waals surface area contributed by atoms with Gasteiger partial charge in [-0.05, 0) is 78.4 Å². The van der Waals surface area contributed by atoms with E-state index in [4.69, 9.17) is 4.74 Å². The molecule has 3 fully saturated rings. The summed E-state index contributed by atoms with van der Waals surface area (Å²) >= 11 is 0. The number of ether oxygens (including phenoxy) is 1. The first-order valence-corrected chi connectivity index (χ1v) is 20.7. The fraction of sp³-hybridized carbons (Fsp3) is 0.400. The van der Waals surface area contributed by atoms with Gasteiger partial charge in [0.1, 0.15) is 30.1 Å². The summed E-state index contributed by atoms with van der Waals surface area (Å²) in [4.78, 5) is 57.3. The monoisotopic (exact) mass is 817 g/mol. The van der Waals surface area contributed by atoms with Gasteiger partial charge in [-0.15, -0.1) is 0 Å². The van der Waals surface area contributed by atoms with Gasteiger partial charge in [0.2, 0.25) is 5.91 Å². The average molecular weight is 818 g/mol. The summed E-state index contributed by atoms with van der Waals surface area (Å²) in [7, 11) is 0. The molecule has 3 aliphatic rings. The van der Waals surface area contributed by atoms with Crippen molar-refractivity contribution in [1.82, 2.24) is 35.0 Å². The molecule has 0 unspecified atom stereocenters. The number of benzene rings is 3. The van der Waals surface area contributed by atoms with Crippen LogP contribution in [0.5, 0.6) is 5.75 Å². The Balaban J connectivity index is 0.844. The van der Waals surface area contributed by atoms with Crippen LogP contribution in [0, 0.1) is 24.6 Å². The number of aliphatic hydroxyl groups excluding tert-OH is 1. The van der Waals surface area contributed by atoms with Crippen molar-refractivity contribution < 1.29 is 28.6 Å². The molecule has 0 bridgehead atoms. The van der Waals surface area contributed by atoms with E-state index in [1.807, 2.05) is 37.3 Å². The molecule has 60 heavy (non-hydrogen) atoms. The number of carbonyl (C=O) groups excluding carboxylic acids is 3. The summed E-state index contributed by atoms with van der Waals surface area (Å²) in [6.45, 7) is 13.1. The Morgan fingerprint density at radius 1 is 0.967 bits per heavy atom. The first kappa shape index (κ1) is 40.9. The summed E-state index contributed by atoms with van der Waals surface area (Å²) in [6, 6.07) is 19.8. The number of halogens is 1. The van der Waals surface area contributed by atoms with E-state index in [1.165, 1.54) is 24.0 Å². The van der Waals surface area contributed by atoms with E-state index in [1.54, 1.807) is 9.80 Å². The number of piperazine rings is 1. The van der Waals surface area contributed by atoms with Crippen molar-refractivity contribution in [2.45, 2.75) is 46.3 Å². The molecule has 14 nitrogen and oxygen atoms in total. The number of nitrogens with one attached hydrogen (secondary N) is 3. The number of aromatic amines is 1. The summed E-state index contributed by atoms with van der Waals surface area (Å²) in [5.41, 5.74) is 6.58. The summed E-state index contributed by atoms with van der Waals surface area (Å²) < 4.78 is 21.2. The highest BCUT2D eigenvalue weighted by molar-refractivity contribution is 6.05. The molecule has 5 heterocycles. The van der Waals surface area contributed by atoms with Gasteiger partial charge in [0.05, 0.1) is 11.8 Å². The second kappa shape index (κ2) is 17.8. The number of amides is 5. The molecule has 2 atom stereocenters. The summed E-state index contributed by atoms with van der Waals surface area (Å²) in [6.07, 6.45) is 1.99. The van der Waals surface area contributed by atoms with Crippen LogP contribution in [-0.2, 0) is 11.3 Å². The smallest absolute Gasteiger partial charge is 0.328 e. The van der Waals surface area contributed by atoms with Crippen LogP contribution in [0.15, 0.2) is 73.1 Å². The Kier molecular flexibility index (Phi) is 12.1. The topological polar surface area (TPSA) is 159 Å². The average Bonchev–Trinajstić information content (AvgIpc) is 3.83. The van der Waals surface area contributed by atoms with E-state index >= 15 is 4.39 Å². The van der Waals surface area contributed by atoms with E-state index in [-0.39, 0.29) is 30.8 Å². The van der Waals surface area contributed by atoms with Gasteiger partial charge in [-0.1, -0.05) is 38.1 Å². The third kappa shape index (κ3) is 9.28.